The van der Waals surface area contributed by atoms with Crippen molar-refractivity contribution in [2.24, 2.45) is 16.7 Å². The number of nitrogens with one attached hydrogen (secondary N) is 7. The summed E-state index contributed by atoms with van der Waals surface area (Å²) in [5, 5.41) is 21.2. The number of hydrogen-bond acceptors (Lipinski definition) is 12. The topological polar surface area (TPSA) is 227 Å². The predicted molar refractivity (Wildman–Crippen MR) is 296 cm³/mol. The molecule has 0 bridgehead atoms. The summed E-state index contributed by atoms with van der Waals surface area (Å²) in [6, 6.07) is 16.1. The first-order chi connectivity index (χ1) is 36.0. The number of amides is 7. The molecule has 4 aliphatic heterocycles. The van der Waals surface area contributed by atoms with E-state index in [1.165, 1.54) is 9.80 Å². The standard InChI is InChI=1S/C57H77N9O8S2/c1-32(58-9)49(68)63-47(56(3,4)5)54(73)65-30-34(27-42(65)52(71)61-40-23-25-75-45-17-13-11-15-38(40)45)28-44(67)35-19-21-36(22-20-35)51(70)60-37-29-43(53(72)62-41-24-26-76-46-18-14-12-16-39(41)46)66(31-37)55(74)48(57(6,7)8)64-50(69)33(2)59-10/h11-22,32-34,37,40-43,47-48,58-59H,23-31H2,1-10H3,(H,60,70)(H,61,71)(H,62,72)(H,63,68)(H,64,69)/t32-,33-,34+,37-,40+,41+,42-,43-,47+,48+/m0/s1. The molecule has 7 amide bonds. The molecule has 2 saturated heterocycles. The van der Waals surface area contributed by atoms with Crippen LogP contribution in [0.25, 0.3) is 0 Å². The first-order valence-electron chi connectivity index (χ1n) is 26.5. The van der Waals surface area contributed by atoms with E-state index in [0.717, 1.165) is 32.4 Å². The third-order valence-corrected chi connectivity index (χ3v) is 17.4. The zero-order valence-electron chi connectivity index (χ0n) is 45.5. The Morgan fingerprint density at radius 3 is 1.47 bits per heavy atom. The van der Waals surface area contributed by atoms with Crippen LogP contribution in [0.3, 0.4) is 0 Å². The molecule has 3 aromatic rings. The van der Waals surface area contributed by atoms with Gasteiger partial charge in [-0.25, -0.2) is 0 Å². The highest BCUT2D eigenvalue weighted by atomic mass is 32.2. The molecule has 0 spiro atoms. The van der Waals surface area contributed by atoms with Crippen LogP contribution in [-0.2, 0) is 28.8 Å². The van der Waals surface area contributed by atoms with Crippen molar-refractivity contribution in [3.63, 3.8) is 0 Å². The molecule has 4 heterocycles. The van der Waals surface area contributed by atoms with Crippen molar-refractivity contribution in [2.45, 2.75) is 152 Å². The van der Waals surface area contributed by atoms with E-state index in [9.17, 15) is 38.4 Å². The molecule has 10 atom stereocenters. The van der Waals surface area contributed by atoms with Crippen LogP contribution in [0, 0.1) is 16.7 Å². The molecule has 19 heteroatoms. The van der Waals surface area contributed by atoms with Gasteiger partial charge < -0.3 is 47.0 Å². The number of fused-ring (bicyclic) bond motifs is 2. The first kappa shape index (κ1) is 57.9. The van der Waals surface area contributed by atoms with Crippen molar-refractivity contribution >= 4 is 70.7 Å². The lowest BCUT2D eigenvalue weighted by Gasteiger charge is -2.36. The minimum atomic E-state index is -0.979. The quantitative estimate of drug-likeness (QED) is 0.0871. The van der Waals surface area contributed by atoms with Gasteiger partial charge in [-0.05, 0) is 106 Å². The van der Waals surface area contributed by atoms with Crippen LogP contribution in [0.5, 0.6) is 0 Å². The maximum Gasteiger partial charge on any atom is 0.251 e. The molecule has 17 nitrogen and oxygen atoms in total. The molecule has 0 unspecified atom stereocenters. The second-order valence-electron chi connectivity index (χ2n) is 22.8. The van der Waals surface area contributed by atoms with Gasteiger partial charge in [-0.1, -0.05) is 90.1 Å². The van der Waals surface area contributed by atoms with Crippen molar-refractivity contribution in [3.05, 3.63) is 95.1 Å². The van der Waals surface area contributed by atoms with Crippen LogP contribution in [0.4, 0.5) is 0 Å². The number of thioether (sulfide) groups is 2. The summed E-state index contributed by atoms with van der Waals surface area (Å²) in [5.41, 5.74) is 1.20. The van der Waals surface area contributed by atoms with E-state index in [-0.39, 0.29) is 85.3 Å². The van der Waals surface area contributed by atoms with E-state index in [4.69, 9.17) is 0 Å². The van der Waals surface area contributed by atoms with Gasteiger partial charge >= 0.3 is 0 Å². The van der Waals surface area contributed by atoms with E-state index >= 15 is 0 Å². The van der Waals surface area contributed by atoms with Gasteiger partial charge in [0.1, 0.15) is 24.2 Å². The lowest BCUT2D eigenvalue weighted by atomic mass is 9.85. The van der Waals surface area contributed by atoms with Crippen LogP contribution >= 0.6 is 23.5 Å². The Hall–Kier alpha value is -5.76. The Bertz CT molecular complexity index is 2480. The van der Waals surface area contributed by atoms with Gasteiger partial charge in [0.05, 0.1) is 24.2 Å². The van der Waals surface area contributed by atoms with Gasteiger partial charge in [-0.2, -0.15) is 0 Å². The zero-order valence-corrected chi connectivity index (χ0v) is 47.2. The fourth-order valence-corrected chi connectivity index (χ4v) is 12.6. The van der Waals surface area contributed by atoms with Crippen molar-refractivity contribution in [3.8, 4) is 0 Å². The third kappa shape index (κ3) is 13.7. The largest absolute Gasteiger partial charge is 0.347 e. The number of likely N-dealkylation sites (tertiary alicyclic amines) is 2. The van der Waals surface area contributed by atoms with E-state index < -0.39 is 70.8 Å². The molecule has 76 heavy (non-hydrogen) atoms. The maximum atomic E-state index is 14.7. The Kier molecular flexibility index (Phi) is 18.8. The van der Waals surface area contributed by atoms with Gasteiger partial charge in [0, 0.05) is 58.0 Å². The summed E-state index contributed by atoms with van der Waals surface area (Å²) in [4.78, 5) is 118. The molecule has 7 N–H and O–H groups in total. The Labute approximate surface area is 456 Å². The number of nitrogens with zero attached hydrogens (tertiary/aromatic N) is 2. The van der Waals surface area contributed by atoms with Crippen molar-refractivity contribution in [1.29, 1.82) is 0 Å². The minimum Gasteiger partial charge on any atom is -0.347 e. The fraction of sp³-hybridized carbons (Fsp3) is 0.544. The molecule has 2 fully saturated rings. The molecule has 410 valence electrons. The average molecular weight is 1080 g/mol. The fourth-order valence-electron chi connectivity index (χ4n) is 10.4. The molecule has 3 aromatic carbocycles. The summed E-state index contributed by atoms with van der Waals surface area (Å²) in [6.07, 6.45) is 1.81. The Morgan fingerprint density at radius 1 is 0.579 bits per heavy atom. The van der Waals surface area contributed by atoms with E-state index in [1.807, 2.05) is 90.1 Å². The van der Waals surface area contributed by atoms with Crippen LogP contribution in [0.1, 0.15) is 131 Å². The number of benzene rings is 3. The van der Waals surface area contributed by atoms with Crippen LogP contribution in [0.15, 0.2) is 82.6 Å². The summed E-state index contributed by atoms with van der Waals surface area (Å²) >= 11 is 3.47. The lowest BCUT2D eigenvalue weighted by molar-refractivity contribution is -0.144. The highest BCUT2D eigenvalue weighted by Gasteiger charge is 2.48. The number of ketones is 1. The lowest BCUT2D eigenvalue weighted by Crippen LogP contribution is -2.59. The number of rotatable bonds is 17. The zero-order chi connectivity index (χ0) is 55.2. The molecule has 0 aromatic heterocycles. The van der Waals surface area contributed by atoms with E-state index in [2.05, 4.69) is 37.2 Å². The number of hydrogen-bond donors (Lipinski definition) is 7. The normalized spacial score (nSPS) is 22.9. The molecule has 0 radical (unpaired) electrons. The Balaban J connectivity index is 1.06. The minimum absolute atomic E-state index is 0.0191. The summed E-state index contributed by atoms with van der Waals surface area (Å²) in [5.74, 6) is -1.65. The van der Waals surface area contributed by atoms with Gasteiger partial charge in [-0.15, -0.1) is 23.5 Å². The molecule has 4 aliphatic rings. The first-order valence-corrected chi connectivity index (χ1v) is 28.5. The van der Waals surface area contributed by atoms with Crippen molar-refractivity contribution in [1.82, 2.24) is 47.0 Å². The number of Topliss-reactive ketones (excluding diaryl/α,β-unsaturated/α-hetero) is 1. The third-order valence-electron chi connectivity index (χ3n) is 15.1. The summed E-state index contributed by atoms with van der Waals surface area (Å²) in [6.45, 7) is 14.7. The molecular formula is C57H77N9O8S2. The Morgan fingerprint density at radius 2 is 1.01 bits per heavy atom. The second kappa shape index (κ2) is 24.7. The maximum absolute atomic E-state index is 14.7. The van der Waals surface area contributed by atoms with Crippen LogP contribution in [-0.4, -0.2) is 138 Å². The predicted octanol–water partition coefficient (Wildman–Crippen LogP) is 5.16. The van der Waals surface area contributed by atoms with Gasteiger partial charge in [0.15, 0.2) is 5.78 Å². The molecule has 0 aliphatic carbocycles. The number of likely N-dealkylation sites (N-methyl/N-ethyl adjacent to an activating group) is 2. The molecule has 7 rings (SSSR count). The molecular weight excluding hydrogens is 1000 g/mol. The van der Waals surface area contributed by atoms with Gasteiger partial charge in [-0.3, -0.25) is 38.4 Å². The monoisotopic (exact) mass is 1080 g/mol. The second-order valence-corrected chi connectivity index (χ2v) is 25.1. The SMILES string of the molecule is CN[C@@H](C)C(=O)N[C@H](C(=O)N1C[C@@H](CC(=O)c2ccc(C(=O)N[C@H]3C[C@@H](C(=O)N[C@@H]4CCSc5ccccc54)N(C(=O)[C@@H](NC(=O)[C@H](C)NC)C(C)(C)C)C3)cc2)C[C@H]1C(=O)N[C@@H]1CCSc2ccccc21)C(C)(C)C. The smallest absolute Gasteiger partial charge is 0.251 e. The summed E-state index contributed by atoms with van der Waals surface area (Å²) in [7, 11) is 3.32. The van der Waals surface area contributed by atoms with Crippen LogP contribution < -0.4 is 37.2 Å². The van der Waals surface area contributed by atoms with Crippen LogP contribution in [0.2, 0.25) is 0 Å². The van der Waals surface area contributed by atoms with E-state index in [1.54, 1.807) is 75.7 Å². The van der Waals surface area contributed by atoms with Crippen molar-refractivity contribution in [2.75, 3.05) is 38.7 Å². The van der Waals surface area contributed by atoms with E-state index in [0.29, 0.717) is 18.4 Å². The molecule has 0 saturated carbocycles. The summed E-state index contributed by atoms with van der Waals surface area (Å²) < 4.78 is 0. The number of carbonyl (C=O) groups excluding carboxylic acids is 8. The highest BCUT2D eigenvalue weighted by Crippen LogP contribution is 2.39. The average Bonchev–Trinajstić information content (AvgIpc) is 4.03. The number of carbonyl (C=O) groups is 8. The van der Waals surface area contributed by atoms with Gasteiger partial charge in [0.2, 0.25) is 35.4 Å². The van der Waals surface area contributed by atoms with Crippen molar-refractivity contribution < 1.29 is 38.4 Å². The van der Waals surface area contributed by atoms with Gasteiger partial charge in [0.25, 0.3) is 5.91 Å². The highest BCUT2D eigenvalue weighted by molar-refractivity contribution is 7.99.